The second-order valence-electron chi connectivity index (χ2n) is 35.9. The molecule has 6 atom stereocenters. The van der Waals surface area contributed by atoms with Crippen LogP contribution in [0.1, 0.15) is 341 Å². The number of hydrogen-bond donors (Lipinski definition) is 3. The van der Waals surface area contributed by atoms with Gasteiger partial charge in [-0.3, -0.25) is 47.9 Å². The highest BCUT2D eigenvalue weighted by molar-refractivity contribution is 5.94. The number of carbonyl (C=O) groups excluding carboxylic acids is 11. The number of benzene rings is 6. The van der Waals surface area contributed by atoms with E-state index in [2.05, 4.69) is 36.7 Å². The lowest BCUT2D eigenvalue weighted by atomic mass is 9.94. The van der Waals surface area contributed by atoms with Gasteiger partial charge in [0, 0.05) is 44.3 Å². The second-order valence-corrected chi connectivity index (χ2v) is 35.9. The Kier molecular flexibility index (Phi) is 58.6. The van der Waals surface area contributed by atoms with Crippen LogP contribution in [0.25, 0.3) is 0 Å². The van der Waals surface area contributed by atoms with E-state index < -0.39 is 141 Å². The standard InChI is InChI=1S/C111H156N4O21/c1-4-7-10-13-16-19-21-23-26-31-54-71-101(120)136-108-106(114-97(116)69-52-29-28-32-55-74-112-109(125)92-67-50-39-51-68-92)111(134-94(78-104(123)129-83-89-61-44-36-45-62-89)79-105(124)130-84-90-63-46-37-47-64-90)135-96(107(108)133-93(76-102(121)127-81-87-57-40-34-41-58-87)77-103(122)128-82-88-59-42-35-43-60-88)86-131-100(119)73-72-95(110(126)132-85-91-65-48-38-49-66-91)113-98(117)80-115(75-56-33-27-24-20-17-14-11-8-5-2)99(118)70-53-30-25-22-18-15-12-9-6-3/h34-51,57-68,93-96,106-108,111H,4-33,52-56,69-86H2,1-3H3,(H,112,125)(H,113,117)(H,114,116)/t95?,96-,106+,107-,108-,111+/m1/s1. The van der Waals surface area contributed by atoms with Gasteiger partial charge in [0.1, 0.15) is 63.9 Å². The van der Waals surface area contributed by atoms with Crippen LogP contribution in [0.3, 0.4) is 0 Å². The highest BCUT2D eigenvalue weighted by atomic mass is 16.7. The number of esters is 7. The predicted molar refractivity (Wildman–Crippen MR) is 524 cm³/mol. The monoisotopic (exact) mass is 1880 g/mol. The first kappa shape index (κ1) is 112. The number of carbonyl (C=O) groups is 11. The van der Waals surface area contributed by atoms with Gasteiger partial charge < -0.3 is 68.2 Å². The third-order valence-corrected chi connectivity index (χ3v) is 24.2. The number of amides is 4. The summed E-state index contributed by atoms with van der Waals surface area (Å²) < 4.78 is 63.4. The molecular formula is C111H156N4O21. The Balaban J connectivity index is 1.27. The quantitative estimate of drug-likeness (QED) is 0.0181. The maximum absolute atomic E-state index is 15.2. The third-order valence-electron chi connectivity index (χ3n) is 24.2. The highest BCUT2D eigenvalue weighted by Crippen LogP contribution is 2.33. The number of nitrogens with one attached hydrogen (secondary N) is 3. The molecule has 6 aromatic rings. The molecule has 6 aromatic carbocycles. The van der Waals surface area contributed by atoms with Gasteiger partial charge in [-0.25, -0.2) is 4.79 Å². The molecule has 0 bridgehead atoms. The average Bonchev–Trinajstić information content (AvgIpc) is 0.775. The molecule has 0 aliphatic carbocycles. The Morgan fingerprint density at radius 1 is 0.346 bits per heavy atom. The van der Waals surface area contributed by atoms with Gasteiger partial charge in [0.25, 0.3) is 5.91 Å². The van der Waals surface area contributed by atoms with Crippen molar-refractivity contribution in [3.05, 3.63) is 215 Å². The van der Waals surface area contributed by atoms with Gasteiger partial charge in [-0.1, -0.05) is 383 Å². The molecule has 1 aliphatic heterocycles. The lowest BCUT2D eigenvalue weighted by molar-refractivity contribution is -0.298. The van der Waals surface area contributed by atoms with Crippen LogP contribution in [-0.4, -0.2) is 145 Å². The summed E-state index contributed by atoms with van der Waals surface area (Å²) in [5, 5.41) is 8.84. The summed E-state index contributed by atoms with van der Waals surface area (Å²) >= 11 is 0. The van der Waals surface area contributed by atoms with E-state index in [0.29, 0.717) is 104 Å². The SMILES string of the molecule is CCCCCCCCCCCCCC(=O)O[C@@H]1[C@H](NC(=O)CCCCCCCNC(=O)c2ccccc2)[C@@H](OC(CC(=O)OCc2ccccc2)CC(=O)OCc2ccccc2)O[C@H](COC(=O)CCC(NC(=O)CN(CCCCCCCCCCCC)C(=O)CCCCCCCCCCC)C(=O)OCc2ccccc2)[C@H]1OC(CC(=O)OCc1ccccc1)CC(=O)OCc1ccccc1. The van der Waals surface area contributed by atoms with Crippen LogP contribution in [0.5, 0.6) is 0 Å². The number of unbranched alkanes of at least 4 members (excludes halogenated alkanes) is 31. The minimum absolute atomic E-state index is 0.111. The Morgan fingerprint density at radius 3 is 1.12 bits per heavy atom. The zero-order chi connectivity index (χ0) is 96.9. The first-order chi connectivity index (χ1) is 66.4. The molecule has 1 aliphatic rings. The molecule has 25 nitrogen and oxygen atoms in total. The minimum atomic E-state index is -1.86. The van der Waals surface area contributed by atoms with Crippen molar-refractivity contribution in [2.24, 2.45) is 0 Å². The molecule has 0 spiro atoms. The Hall–Kier alpha value is -10.6. The predicted octanol–water partition coefficient (Wildman–Crippen LogP) is 21.5. The van der Waals surface area contributed by atoms with Crippen molar-refractivity contribution in [1.29, 1.82) is 0 Å². The van der Waals surface area contributed by atoms with Crippen molar-refractivity contribution in [1.82, 2.24) is 20.9 Å². The summed E-state index contributed by atoms with van der Waals surface area (Å²) in [6.07, 6.45) is 20.4. The van der Waals surface area contributed by atoms with Crippen LogP contribution in [-0.2, 0) is 128 Å². The van der Waals surface area contributed by atoms with E-state index in [9.17, 15) is 38.4 Å². The van der Waals surface area contributed by atoms with Gasteiger partial charge in [0.2, 0.25) is 17.7 Å². The molecule has 4 amide bonds. The van der Waals surface area contributed by atoms with Gasteiger partial charge in [-0.2, -0.15) is 0 Å². The van der Waals surface area contributed by atoms with Crippen LogP contribution in [0.15, 0.2) is 182 Å². The van der Waals surface area contributed by atoms with Gasteiger partial charge in [-0.15, -0.1) is 0 Å². The van der Waals surface area contributed by atoms with Crippen molar-refractivity contribution < 1.29 is 100 Å². The summed E-state index contributed by atoms with van der Waals surface area (Å²) in [5.74, 6) is -7.51. The molecule has 25 heteroatoms. The van der Waals surface area contributed by atoms with Crippen molar-refractivity contribution in [3.63, 3.8) is 0 Å². The Morgan fingerprint density at radius 2 is 0.706 bits per heavy atom. The van der Waals surface area contributed by atoms with Crippen LogP contribution in [0.2, 0.25) is 0 Å². The normalized spacial score (nSPS) is 14.8. The second kappa shape index (κ2) is 70.9. The van der Waals surface area contributed by atoms with Crippen molar-refractivity contribution >= 4 is 65.4 Å². The molecule has 136 heavy (non-hydrogen) atoms. The first-order valence-corrected chi connectivity index (χ1v) is 50.9. The van der Waals surface area contributed by atoms with Gasteiger partial charge in [0.15, 0.2) is 12.4 Å². The molecule has 7 rings (SSSR count). The van der Waals surface area contributed by atoms with Crippen molar-refractivity contribution in [3.8, 4) is 0 Å². The lowest BCUT2D eigenvalue weighted by Crippen LogP contribution is -2.67. The van der Waals surface area contributed by atoms with E-state index in [1.165, 1.54) is 77.0 Å². The molecule has 0 aromatic heterocycles. The smallest absolute Gasteiger partial charge is 0.328 e. The van der Waals surface area contributed by atoms with E-state index in [4.69, 9.17) is 47.4 Å². The fourth-order valence-corrected chi connectivity index (χ4v) is 16.4. The Bertz CT molecular complexity index is 4170. The van der Waals surface area contributed by atoms with Crippen LogP contribution in [0.4, 0.5) is 0 Å². The molecule has 746 valence electrons. The largest absolute Gasteiger partial charge is 0.463 e. The average molecular weight is 1880 g/mol. The van der Waals surface area contributed by atoms with Crippen molar-refractivity contribution in [2.45, 2.75) is 385 Å². The van der Waals surface area contributed by atoms with Crippen LogP contribution >= 0.6 is 0 Å². The molecule has 1 fully saturated rings. The molecule has 0 saturated carbocycles. The molecule has 1 unspecified atom stereocenters. The fourth-order valence-electron chi connectivity index (χ4n) is 16.4. The molecule has 1 saturated heterocycles. The summed E-state index contributed by atoms with van der Waals surface area (Å²) in [4.78, 5) is 161. The van der Waals surface area contributed by atoms with Crippen molar-refractivity contribution in [2.75, 3.05) is 26.2 Å². The van der Waals surface area contributed by atoms with E-state index in [1.54, 1.807) is 150 Å². The maximum atomic E-state index is 15.2. The molecular weight excluding hydrogens is 1730 g/mol. The van der Waals surface area contributed by atoms with E-state index in [-0.39, 0.29) is 77.1 Å². The summed E-state index contributed by atoms with van der Waals surface area (Å²) in [7, 11) is 0. The van der Waals surface area contributed by atoms with Gasteiger partial charge >= 0.3 is 41.8 Å². The van der Waals surface area contributed by atoms with Gasteiger partial charge in [0.05, 0.1) is 44.4 Å². The summed E-state index contributed by atoms with van der Waals surface area (Å²) in [5.41, 5.74) is 3.80. The number of hydrogen-bond acceptors (Lipinski definition) is 21. The van der Waals surface area contributed by atoms with Gasteiger partial charge in [-0.05, 0) is 78.5 Å². The van der Waals surface area contributed by atoms with Crippen LogP contribution < -0.4 is 16.0 Å². The summed E-state index contributed by atoms with van der Waals surface area (Å²) in [6.45, 7) is 5.29. The number of rotatable bonds is 75. The first-order valence-electron chi connectivity index (χ1n) is 50.9. The van der Waals surface area contributed by atoms with Crippen LogP contribution in [0, 0.1) is 0 Å². The number of nitrogens with zero attached hydrogens (tertiary/aromatic N) is 1. The third kappa shape index (κ3) is 50.4. The summed E-state index contributed by atoms with van der Waals surface area (Å²) in [6, 6.07) is 50.4. The minimum Gasteiger partial charge on any atom is -0.463 e. The molecule has 0 radical (unpaired) electrons. The lowest BCUT2D eigenvalue weighted by Gasteiger charge is -2.47. The zero-order valence-corrected chi connectivity index (χ0v) is 81.4. The molecule has 1 heterocycles. The molecule has 3 N–H and O–H groups in total. The topological polar surface area (TPSA) is 319 Å². The van der Waals surface area contributed by atoms with E-state index in [1.807, 2.05) is 36.4 Å². The fraction of sp³-hybridized carbons (Fsp3) is 0.577. The van der Waals surface area contributed by atoms with E-state index in [0.717, 1.165) is 89.9 Å². The Labute approximate surface area is 808 Å². The maximum Gasteiger partial charge on any atom is 0.328 e. The number of ether oxygens (including phenoxy) is 10. The highest BCUT2D eigenvalue weighted by Gasteiger charge is 2.53. The van der Waals surface area contributed by atoms with E-state index >= 15 is 14.4 Å². The zero-order valence-electron chi connectivity index (χ0n) is 81.4.